The van der Waals surface area contributed by atoms with Gasteiger partial charge in [-0.2, -0.15) is 0 Å². The summed E-state index contributed by atoms with van der Waals surface area (Å²) in [5.74, 6) is -1.82. The molecule has 126 valence electrons. The van der Waals surface area contributed by atoms with Gasteiger partial charge in [-0.05, 0) is 40.8 Å². The zero-order valence-corrected chi connectivity index (χ0v) is 14.0. The Labute approximate surface area is 141 Å². The molecule has 2 amide bonds. The second-order valence-corrected chi connectivity index (χ2v) is 6.59. The highest BCUT2D eigenvalue weighted by Crippen LogP contribution is 2.23. The van der Waals surface area contributed by atoms with Gasteiger partial charge < -0.3 is 10.6 Å². The molecule has 0 heterocycles. The van der Waals surface area contributed by atoms with Gasteiger partial charge in [-0.15, -0.1) is 0 Å². The monoisotopic (exact) mass is 328 g/mol. The number of hydrogen-bond acceptors (Lipinski definition) is 2. The molecule has 0 atom stereocenters. The number of amides is 2. The molecule has 0 aromatic heterocycles. The van der Waals surface area contributed by atoms with Crippen LogP contribution in [0.3, 0.4) is 0 Å². The van der Waals surface area contributed by atoms with Crippen molar-refractivity contribution in [3.05, 3.63) is 65.5 Å². The molecule has 0 aliphatic carbocycles. The molecule has 5 heteroatoms. The van der Waals surface area contributed by atoms with Gasteiger partial charge in [0.1, 0.15) is 5.82 Å². The minimum absolute atomic E-state index is 0.0229. The van der Waals surface area contributed by atoms with E-state index in [9.17, 15) is 14.0 Å². The Morgan fingerprint density at radius 2 is 1.50 bits per heavy atom. The van der Waals surface area contributed by atoms with Crippen LogP contribution in [0.25, 0.3) is 0 Å². The van der Waals surface area contributed by atoms with Gasteiger partial charge in [0.15, 0.2) is 0 Å². The Bertz CT molecular complexity index is 717. The average molecular weight is 328 g/mol. The molecule has 0 saturated carbocycles. The van der Waals surface area contributed by atoms with Crippen molar-refractivity contribution in [3.63, 3.8) is 0 Å². The average Bonchev–Trinajstić information content (AvgIpc) is 2.53. The van der Waals surface area contributed by atoms with Crippen LogP contribution in [0.15, 0.2) is 48.5 Å². The van der Waals surface area contributed by atoms with Crippen LogP contribution in [-0.2, 0) is 21.5 Å². The molecule has 2 rings (SSSR count). The van der Waals surface area contributed by atoms with Crippen LogP contribution in [-0.4, -0.2) is 11.8 Å². The molecule has 4 nitrogen and oxygen atoms in total. The molecule has 0 bridgehead atoms. The number of carbonyl (C=O) groups excluding carboxylic acids is 2. The van der Waals surface area contributed by atoms with Gasteiger partial charge >= 0.3 is 11.8 Å². The van der Waals surface area contributed by atoms with Crippen molar-refractivity contribution < 1.29 is 14.0 Å². The first-order valence-corrected chi connectivity index (χ1v) is 7.70. The maximum Gasteiger partial charge on any atom is 0.313 e. The lowest BCUT2D eigenvalue weighted by Crippen LogP contribution is -2.34. The van der Waals surface area contributed by atoms with Gasteiger partial charge in [-0.1, -0.05) is 45.0 Å². The normalized spacial score (nSPS) is 11.0. The fraction of sp³-hybridized carbons (Fsp3) is 0.263. The maximum absolute atomic E-state index is 12.8. The van der Waals surface area contributed by atoms with E-state index in [1.807, 2.05) is 12.1 Å². The van der Waals surface area contributed by atoms with Crippen LogP contribution in [0.1, 0.15) is 31.9 Å². The van der Waals surface area contributed by atoms with E-state index in [2.05, 4.69) is 31.4 Å². The Morgan fingerprint density at radius 1 is 0.917 bits per heavy atom. The van der Waals surface area contributed by atoms with Crippen molar-refractivity contribution in [2.75, 3.05) is 5.32 Å². The quantitative estimate of drug-likeness (QED) is 0.849. The minimum Gasteiger partial charge on any atom is -0.344 e. The number of rotatable bonds is 3. The molecule has 24 heavy (non-hydrogen) atoms. The molecule has 0 unspecified atom stereocenters. The highest BCUT2D eigenvalue weighted by molar-refractivity contribution is 6.39. The molecule has 0 aliphatic heterocycles. The van der Waals surface area contributed by atoms with E-state index in [0.29, 0.717) is 11.3 Å². The van der Waals surface area contributed by atoms with Crippen LogP contribution in [0.2, 0.25) is 0 Å². The molecule has 0 fully saturated rings. The maximum atomic E-state index is 12.8. The summed E-state index contributed by atoms with van der Waals surface area (Å²) in [5.41, 5.74) is 2.44. The first kappa shape index (κ1) is 17.7. The van der Waals surface area contributed by atoms with Crippen LogP contribution < -0.4 is 10.6 Å². The largest absolute Gasteiger partial charge is 0.344 e. The van der Waals surface area contributed by atoms with E-state index in [1.54, 1.807) is 24.3 Å². The first-order valence-electron chi connectivity index (χ1n) is 7.70. The smallest absolute Gasteiger partial charge is 0.313 e. The van der Waals surface area contributed by atoms with E-state index in [-0.39, 0.29) is 17.8 Å². The van der Waals surface area contributed by atoms with E-state index in [1.165, 1.54) is 12.1 Å². The molecule has 2 aromatic rings. The fourth-order valence-corrected chi connectivity index (χ4v) is 2.11. The van der Waals surface area contributed by atoms with Gasteiger partial charge in [0, 0.05) is 12.2 Å². The van der Waals surface area contributed by atoms with Crippen molar-refractivity contribution >= 4 is 17.5 Å². The van der Waals surface area contributed by atoms with Gasteiger partial charge in [0.2, 0.25) is 0 Å². The van der Waals surface area contributed by atoms with Crippen molar-refractivity contribution in [2.45, 2.75) is 32.7 Å². The van der Waals surface area contributed by atoms with Gasteiger partial charge in [-0.25, -0.2) is 4.39 Å². The molecule has 2 N–H and O–H groups in total. The standard InChI is InChI=1S/C19H21FN2O2/c1-19(2,3)14-6-10-16(11-7-14)22-18(24)17(23)21-12-13-4-8-15(20)9-5-13/h4-11H,12H2,1-3H3,(H,21,23)(H,22,24). The third-order valence-electron chi connectivity index (χ3n) is 3.58. The molecule has 0 aliphatic rings. The molecule has 0 radical (unpaired) electrons. The Balaban J connectivity index is 1.89. The number of anilines is 1. The molecular formula is C19H21FN2O2. The summed E-state index contributed by atoms with van der Waals surface area (Å²) in [6.45, 7) is 6.46. The zero-order chi connectivity index (χ0) is 17.7. The number of hydrogen-bond donors (Lipinski definition) is 2. The predicted octanol–water partition coefficient (Wildman–Crippen LogP) is 3.38. The lowest BCUT2D eigenvalue weighted by Gasteiger charge is -2.19. The summed E-state index contributed by atoms with van der Waals surface area (Å²) < 4.78 is 12.8. The number of carbonyl (C=O) groups is 2. The highest BCUT2D eigenvalue weighted by atomic mass is 19.1. The van der Waals surface area contributed by atoms with Gasteiger partial charge in [-0.3, -0.25) is 9.59 Å². The number of benzene rings is 2. The summed E-state index contributed by atoms with van der Waals surface area (Å²) >= 11 is 0. The van der Waals surface area contributed by atoms with Gasteiger partial charge in [0.05, 0.1) is 0 Å². The van der Waals surface area contributed by atoms with E-state index in [0.717, 1.165) is 5.56 Å². The van der Waals surface area contributed by atoms with Crippen molar-refractivity contribution in [1.29, 1.82) is 0 Å². The van der Waals surface area contributed by atoms with Crippen molar-refractivity contribution in [1.82, 2.24) is 5.32 Å². The molecule has 0 spiro atoms. The van der Waals surface area contributed by atoms with E-state index < -0.39 is 11.8 Å². The second kappa shape index (κ2) is 7.25. The van der Waals surface area contributed by atoms with E-state index in [4.69, 9.17) is 0 Å². The third-order valence-corrected chi connectivity index (χ3v) is 3.58. The van der Waals surface area contributed by atoms with Crippen LogP contribution in [0, 0.1) is 5.82 Å². The van der Waals surface area contributed by atoms with Crippen LogP contribution in [0.4, 0.5) is 10.1 Å². The Kier molecular flexibility index (Phi) is 5.34. The predicted molar refractivity (Wildman–Crippen MR) is 92.0 cm³/mol. The summed E-state index contributed by atoms with van der Waals surface area (Å²) in [5, 5.41) is 5.06. The van der Waals surface area contributed by atoms with Crippen LogP contribution >= 0.6 is 0 Å². The summed E-state index contributed by atoms with van der Waals surface area (Å²) in [6, 6.07) is 13.1. The van der Waals surface area contributed by atoms with E-state index >= 15 is 0 Å². The number of nitrogens with one attached hydrogen (secondary N) is 2. The van der Waals surface area contributed by atoms with Crippen molar-refractivity contribution in [2.24, 2.45) is 0 Å². The lowest BCUT2D eigenvalue weighted by molar-refractivity contribution is -0.136. The minimum atomic E-state index is -0.737. The fourth-order valence-electron chi connectivity index (χ4n) is 2.11. The molecule has 0 saturated heterocycles. The summed E-state index contributed by atoms with van der Waals surface area (Å²) in [7, 11) is 0. The lowest BCUT2D eigenvalue weighted by atomic mass is 9.87. The summed E-state index contributed by atoms with van der Waals surface area (Å²) in [4.78, 5) is 23.7. The third kappa shape index (κ3) is 4.91. The van der Waals surface area contributed by atoms with Crippen molar-refractivity contribution in [3.8, 4) is 0 Å². The number of halogens is 1. The topological polar surface area (TPSA) is 58.2 Å². The Morgan fingerprint density at radius 3 is 2.04 bits per heavy atom. The second-order valence-electron chi connectivity index (χ2n) is 6.59. The van der Waals surface area contributed by atoms with Gasteiger partial charge in [0.25, 0.3) is 0 Å². The SMILES string of the molecule is CC(C)(C)c1ccc(NC(=O)C(=O)NCc2ccc(F)cc2)cc1. The molecule has 2 aromatic carbocycles. The van der Waals surface area contributed by atoms with Crippen LogP contribution in [0.5, 0.6) is 0 Å². The summed E-state index contributed by atoms with van der Waals surface area (Å²) in [6.07, 6.45) is 0. The highest BCUT2D eigenvalue weighted by Gasteiger charge is 2.15. The molecular weight excluding hydrogens is 307 g/mol. The Hall–Kier alpha value is -2.69. The zero-order valence-electron chi connectivity index (χ0n) is 14.0. The first-order chi connectivity index (χ1) is 11.3.